The number of carboxylic acids is 1. The minimum absolute atomic E-state index is 0.0234. The van der Waals surface area contributed by atoms with Crippen LogP contribution in [0.15, 0.2) is 29.2 Å². The van der Waals surface area contributed by atoms with Crippen LogP contribution in [0.5, 0.6) is 11.5 Å². The molecule has 0 radical (unpaired) electrons. The Morgan fingerprint density at radius 1 is 1.19 bits per heavy atom. The lowest BCUT2D eigenvalue weighted by atomic mass is 9.48. The standard InChI is InChI=1S/C23H26ClN3O5/c1-31-15-3-4-18(32-2)16(8-15)26-17-11-25-27(21(28)20(17)24)23-9-12-5-13(10-23)7-14(6-12)19(23)22(29)30/h3-4,8,11-14,19,26H,5-7,9-10H2,1-2H3,(H,29,30)/t12-,13-,14?,19-,23?/m1/s1. The second-order valence-electron chi connectivity index (χ2n) is 9.31. The Morgan fingerprint density at radius 2 is 1.91 bits per heavy atom. The van der Waals surface area contributed by atoms with Crippen LogP contribution in [-0.2, 0) is 10.3 Å². The van der Waals surface area contributed by atoms with Gasteiger partial charge in [-0.2, -0.15) is 5.10 Å². The second kappa shape index (κ2) is 7.69. The number of nitrogens with one attached hydrogen (secondary N) is 1. The summed E-state index contributed by atoms with van der Waals surface area (Å²) in [5.74, 6) is 0.673. The molecule has 0 saturated heterocycles. The molecule has 1 aromatic heterocycles. The van der Waals surface area contributed by atoms with Crippen molar-refractivity contribution in [2.75, 3.05) is 19.5 Å². The summed E-state index contributed by atoms with van der Waals surface area (Å²) in [6.07, 6.45) is 5.79. The van der Waals surface area contributed by atoms with Crippen molar-refractivity contribution in [2.45, 2.75) is 37.6 Å². The fourth-order valence-corrected chi connectivity index (χ4v) is 6.80. The third-order valence-electron chi connectivity index (χ3n) is 7.56. The predicted molar refractivity (Wildman–Crippen MR) is 119 cm³/mol. The Balaban J connectivity index is 1.55. The van der Waals surface area contributed by atoms with E-state index in [1.807, 2.05) is 0 Å². The van der Waals surface area contributed by atoms with Crippen LogP contribution in [0.2, 0.25) is 5.02 Å². The number of halogens is 1. The first-order valence-corrected chi connectivity index (χ1v) is 11.2. The molecule has 2 N–H and O–H groups in total. The average molecular weight is 460 g/mol. The highest BCUT2D eigenvalue weighted by Crippen LogP contribution is 2.61. The molecule has 8 nitrogen and oxygen atoms in total. The summed E-state index contributed by atoms with van der Waals surface area (Å²) < 4.78 is 12.0. The number of aromatic nitrogens is 2. The number of benzene rings is 1. The molecule has 4 aliphatic carbocycles. The predicted octanol–water partition coefficient (Wildman–Crippen LogP) is 3.89. The molecule has 4 saturated carbocycles. The highest BCUT2D eigenvalue weighted by molar-refractivity contribution is 6.33. The molecule has 32 heavy (non-hydrogen) atoms. The number of rotatable bonds is 6. The smallest absolute Gasteiger partial charge is 0.309 e. The molecule has 3 atom stereocenters. The van der Waals surface area contributed by atoms with E-state index in [0.717, 1.165) is 19.3 Å². The lowest BCUT2D eigenvalue weighted by Gasteiger charge is -2.59. The number of anilines is 2. The van der Waals surface area contributed by atoms with Crippen molar-refractivity contribution < 1.29 is 19.4 Å². The third kappa shape index (κ3) is 3.15. The summed E-state index contributed by atoms with van der Waals surface area (Å²) in [6, 6.07) is 5.25. The molecule has 4 aliphatic rings. The summed E-state index contributed by atoms with van der Waals surface area (Å²) in [5, 5.41) is 17.6. The molecule has 9 heteroatoms. The van der Waals surface area contributed by atoms with Gasteiger partial charge in [0.1, 0.15) is 16.5 Å². The first kappa shape index (κ1) is 21.1. The SMILES string of the molecule is COc1ccc(OC)c(Nc2cnn(C34C[C@H]5CC(C[C@@H](C5)C3)[C@@H]4C(=O)O)c(=O)c2Cl)c1. The van der Waals surface area contributed by atoms with E-state index >= 15 is 0 Å². The van der Waals surface area contributed by atoms with E-state index in [-0.39, 0.29) is 10.9 Å². The van der Waals surface area contributed by atoms with E-state index < -0.39 is 23.0 Å². The van der Waals surface area contributed by atoms with Crippen molar-refractivity contribution in [3.8, 4) is 11.5 Å². The van der Waals surface area contributed by atoms with Crippen LogP contribution in [0.25, 0.3) is 0 Å². The number of methoxy groups -OCH3 is 2. The maximum absolute atomic E-state index is 13.4. The molecule has 1 aromatic carbocycles. The topological polar surface area (TPSA) is 103 Å². The number of ether oxygens (including phenoxy) is 2. The zero-order chi connectivity index (χ0) is 22.6. The molecule has 1 heterocycles. The van der Waals surface area contributed by atoms with Crippen LogP contribution in [-0.4, -0.2) is 35.1 Å². The molecule has 4 bridgehead atoms. The van der Waals surface area contributed by atoms with Crippen molar-refractivity contribution in [1.29, 1.82) is 0 Å². The first-order chi connectivity index (χ1) is 15.4. The van der Waals surface area contributed by atoms with E-state index in [1.54, 1.807) is 32.4 Å². The summed E-state index contributed by atoms with van der Waals surface area (Å²) in [6.45, 7) is 0. The zero-order valence-electron chi connectivity index (χ0n) is 18.0. The van der Waals surface area contributed by atoms with Crippen LogP contribution in [0.3, 0.4) is 0 Å². The largest absolute Gasteiger partial charge is 0.497 e. The van der Waals surface area contributed by atoms with Crippen LogP contribution in [0.4, 0.5) is 11.4 Å². The summed E-state index contributed by atoms with van der Waals surface area (Å²) >= 11 is 6.53. The third-order valence-corrected chi connectivity index (χ3v) is 7.92. The van der Waals surface area contributed by atoms with Crippen molar-refractivity contribution in [1.82, 2.24) is 9.78 Å². The zero-order valence-corrected chi connectivity index (χ0v) is 18.8. The van der Waals surface area contributed by atoms with Gasteiger partial charge >= 0.3 is 5.97 Å². The number of carboxylic acid groups (broad SMARTS) is 1. The van der Waals surface area contributed by atoms with Gasteiger partial charge in [-0.25, -0.2) is 4.68 Å². The quantitative estimate of drug-likeness (QED) is 0.675. The summed E-state index contributed by atoms with van der Waals surface area (Å²) in [4.78, 5) is 25.7. The highest BCUT2D eigenvalue weighted by atomic mass is 35.5. The number of hydrogen-bond acceptors (Lipinski definition) is 6. The van der Waals surface area contributed by atoms with E-state index in [2.05, 4.69) is 10.4 Å². The highest BCUT2D eigenvalue weighted by Gasteiger charge is 2.61. The Bertz CT molecular complexity index is 1120. The fraction of sp³-hybridized carbons (Fsp3) is 0.522. The molecule has 0 spiro atoms. The minimum atomic E-state index is -0.845. The number of carbonyl (C=O) groups is 1. The van der Waals surface area contributed by atoms with E-state index in [9.17, 15) is 14.7 Å². The number of hydrogen-bond donors (Lipinski definition) is 2. The van der Waals surface area contributed by atoms with Gasteiger partial charge in [-0.05, 0) is 62.0 Å². The fourth-order valence-electron chi connectivity index (χ4n) is 6.63. The molecule has 2 aromatic rings. The normalized spacial score (nSPS) is 30.2. The maximum atomic E-state index is 13.4. The Labute approximate surface area is 190 Å². The van der Waals surface area contributed by atoms with Crippen molar-refractivity contribution in [3.63, 3.8) is 0 Å². The molecule has 170 valence electrons. The van der Waals surface area contributed by atoms with Gasteiger partial charge in [-0.1, -0.05) is 11.6 Å². The molecular weight excluding hydrogens is 434 g/mol. The van der Waals surface area contributed by atoms with E-state index in [0.29, 0.717) is 47.6 Å². The monoisotopic (exact) mass is 459 g/mol. The van der Waals surface area contributed by atoms with Crippen LogP contribution in [0.1, 0.15) is 32.1 Å². The van der Waals surface area contributed by atoms with Crippen molar-refractivity contribution >= 4 is 28.9 Å². The van der Waals surface area contributed by atoms with Gasteiger partial charge < -0.3 is 19.9 Å². The molecule has 4 fully saturated rings. The Hall–Kier alpha value is -2.74. The first-order valence-electron chi connectivity index (χ1n) is 10.9. The Kier molecular flexibility index (Phi) is 5.08. The molecule has 0 amide bonds. The average Bonchev–Trinajstić information content (AvgIpc) is 2.75. The summed E-state index contributed by atoms with van der Waals surface area (Å²) in [5.41, 5.74) is -0.373. The van der Waals surface area contributed by atoms with E-state index in [4.69, 9.17) is 21.1 Å². The summed E-state index contributed by atoms with van der Waals surface area (Å²) in [7, 11) is 3.11. The molecule has 0 unspecified atom stereocenters. The van der Waals surface area contributed by atoms with Gasteiger partial charge in [0, 0.05) is 6.07 Å². The van der Waals surface area contributed by atoms with Gasteiger partial charge in [0.15, 0.2) is 0 Å². The molecular formula is C23H26ClN3O5. The van der Waals surface area contributed by atoms with Gasteiger partial charge in [0.2, 0.25) is 0 Å². The van der Waals surface area contributed by atoms with E-state index in [1.165, 1.54) is 10.9 Å². The van der Waals surface area contributed by atoms with Crippen LogP contribution in [0, 0.1) is 23.7 Å². The molecule has 6 rings (SSSR count). The van der Waals surface area contributed by atoms with Crippen LogP contribution >= 0.6 is 11.6 Å². The van der Waals surface area contributed by atoms with Gasteiger partial charge in [0.05, 0.1) is 43.2 Å². The lowest BCUT2D eigenvalue weighted by molar-refractivity contribution is -0.168. The second-order valence-corrected chi connectivity index (χ2v) is 9.69. The van der Waals surface area contributed by atoms with Gasteiger partial charge in [0.25, 0.3) is 5.56 Å². The van der Waals surface area contributed by atoms with Crippen LogP contribution < -0.4 is 20.3 Å². The number of nitrogens with zero attached hydrogens (tertiary/aromatic N) is 2. The van der Waals surface area contributed by atoms with Crippen molar-refractivity contribution in [2.24, 2.45) is 23.7 Å². The Morgan fingerprint density at radius 3 is 2.53 bits per heavy atom. The number of aliphatic carboxylic acids is 1. The van der Waals surface area contributed by atoms with Crippen molar-refractivity contribution in [3.05, 3.63) is 39.8 Å². The van der Waals surface area contributed by atoms with Gasteiger partial charge in [-0.15, -0.1) is 0 Å². The molecule has 0 aliphatic heterocycles. The minimum Gasteiger partial charge on any atom is -0.497 e. The van der Waals surface area contributed by atoms with Gasteiger partial charge in [-0.3, -0.25) is 9.59 Å². The maximum Gasteiger partial charge on any atom is 0.309 e. The lowest BCUT2D eigenvalue weighted by Crippen LogP contribution is -2.63.